The number of fused-ring (bicyclic) bond motifs is 1. The first-order chi connectivity index (χ1) is 11.7. The van der Waals surface area contributed by atoms with Crippen molar-refractivity contribution < 1.29 is 9.59 Å². The van der Waals surface area contributed by atoms with Crippen LogP contribution >= 0.6 is 0 Å². The Kier molecular flexibility index (Phi) is 3.96. The van der Waals surface area contributed by atoms with Gasteiger partial charge in [-0.3, -0.25) is 14.9 Å². The number of benzene rings is 1. The van der Waals surface area contributed by atoms with E-state index < -0.39 is 6.04 Å². The summed E-state index contributed by atoms with van der Waals surface area (Å²) < 4.78 is 2.18. The van der Waals surface area contributed by atoms with Gasteiger partial charge in [-0.2, -0.15) is 0 Å². The number of hydrogen-bond donors (Lipinski definition) is 2. The number of carbonyl (C=O) groups is 2. The third kappa shape index (κ3) is 2.77. The van der Waals surface area contributed by atoms with E-state index in [-0.39, 0.29) is 11.8 Å². The fourth-order valence-corrected chi connectivity index (χ4v) is 3.85. The van der Waals surface area contributed by atoms with Crippen molar-refractivity contribution in [1.82, 2.24) is 14.9 Å². The summed E-state index contributed by atoms with van der Waals surface area (Å²) in [6.45, 7) is 0. The largest absolute Gasteiger partial charge is 0.344 e. The number of carbonyl (C=O) groups excluding carboxylic acids is 2. The molecule has 1 saturated carbocycles. The highest BCUT2D eigenvalue weighted by atomic mass is 16.2. The first-order valence-corrected chi connectivity index (χ1v) is 8.79. The number of nitrogens with zero attached hydrogens (tertiary/aromatic N) is 2. The molecule has 0 unspecified atom stereocenters. The molecule has 126 valence electrons. The Morgan fingerprint density at radius 2 is 1.96 bits per heavy atom. The fourth-order valence-electron chi connectivity index (χ4n) is 3.85. The van der Waals surface area contributed by atoms with Crippen LogP contribution in [-0.2, 0) is 9.59 Å². The molecule has 6 nitrogen and oxygen atoms in total. The van der Waals surface area contributed by atoms with Crippen molar-refractivity contribution in [3.8, 4) is 0 Å². The molecule has 1 aromatic heterocycles. The quantitative estimate of drug-likeness (QED) is 0.910. The molecule has 1 atom stereocenters. The molecule has 2 heterocycles. The summed E-state index contributed by atoms with van der Waals surface area (Å²) in [6.07, 6.45) is 6.89. The molecule has 24 heavy (non-hydrogen) atoms. The summed E-state index contributed by atoms with van der Waals surface area (Å²) in [5.74, 6) is 0.374. The number of aromatic nitrogens is 2. The molecule has 1 aromatic carbocycles. The second-order valence-corrected chi connectivity index (χ2v) is 6.73. The Morgan fingerprint density at radius 3 is 2.71 bits per heavy atom. The van der Waals surface area contributed by atoms with Crippen molar-refractivity contribution in [3.05, 3.63) is 24.3 Å². The summed E-state index contributed by atoms with van der Waals surface area (Å²) in [7, 11) is 0. The van der Waals surface area contributed by atoms with E-state index >= 15 is 0 Å². The average Bonchev–Trinajstić information content (AvgIpc) is 3.19. The van der Waals surface area contributed by atoms with Crippen LogP contribution in [0.2, 0.25) is 0 Å². The third-order valence-corrected chi connectivity index (χ3v) is 5.08. The average molecular weight is 326 g/mol. The maximum atomic E-state index is 12.5. The zero-order valence-electron chi connectivity index (χ0n) is 13.6. The van der Waals surface area contributed by atoms with E-state index in [0.717, 1.165) is 23.9 Å². The summed E-state index contributed by atoms with van der Waals surface area (Å²) in [6, 6.07) is 7.93. The Morgan fingerprint density at radius 1 is 1.17 bits per heavy atom. The molecule has 0 bridgehead atoms. The van der Waals surface area contributed by atoms with Gasteiger partial charge in [0.05, 0.1) is 11.0 Å². The lowest BCUT2D eigenvalue weighted by Gasteiger charge is -2.25. The molecule has 2 N–H and O–H groups in total. The molecule has 1 saturated heterocycles. The molecule has 2 aliphatic rings. The van der Waals surface area contributed by atoms with Crippen molar-refractivity contribution in [2.24, 2.45) is 0 Å². The van der Waals surface area contributed by atoms with Gasteiger partial charge >= 0.3 is 0 Å². The van der Waals surface area contributed by atoms with Crippen LogP contribution in [0.5, 0.6) is 0 Å². The van der Waals surface area contributed by atoms with Crippen molar-refractivity contribution in [2.45, 2.75) is 57.0 Å². The topological polar surface area (TPSA) is 76.0 Å². The first-order valence-electron chi connectivity index (χ1n) is 8.79. The van der Waals surface area contributed by atoms with Crippen LogP contribution in [0.3, 0.4) is 0 Å². The van der Waals surface area contributed by atoms with E-state index in [4.69, 9.17) is 0 Å². The standard InChI is InChI=1S/C18H22N4O2/c23-16-11-10-14(19-16)17(24)21-18-20-13-8-4-5-9-15(13)22(18)12-6-2-1-3-7-12/h4-5,8-9,12,14H,1-3,6-7,10-11H2,(H,19,23)(H,20,21,24)/t14-/m1/s1. The van der Waals surface area contributed by atoms with Gasteiger partial charge in [0.25, 0.3) is 0 Å². The Labute approximate surface area is 140 Å². The summed E-state index contributed by atoms with van der Waals surface area (Å²) >= 11 is 0. The lowest BCUT2D eigenvalue weighted by molar-refractivity contribution is -0.122. The summed E-state index contributed by atoms with van der Waals surface area (Å²) in [4.78, 5) is 28.5. The lowest BCUT2D eigenvalue weighted by Crippen LogP contribution is -2.38. The minimum absolute atomic E-state index is 0.0593. The second-order valence-electron chi connectivity index (χ2n) is 6.73. The van der Waals surface area contributed by atoms with Gasteiger partial charge in [0.2, 0.25) is 17.8 Å². The maximum absolute atomic E-state index is 12.5. The van der Waals surface area contributed by atoms with Crippen molar-refractivity contribution in [3.63, 3.8) is 0 Å². The van der Waals surface area contributed by atoms with Gasteiger partial charge in [-0.05, 0) is 31.4 Å². The highest BCUT2D eigenvalue weighted by Gasteiger charge is 2.29. The summed E-state index contributed by atoms with van der Waals surface area (Å²) in [5, 5.41) is 5.68. The Hall–Kier alpha value is -2.37. The number of anilines is 1. The Balaban J connectivity index is 1.66. The van der Waals surface area contributed by atoms with E-state index in [9.17, 15) is 9.59 Å². The van der Waals surface area contributed by atoms with E-state index in [1.807, 2.05) is 18.2 Å². The zero-order valence-corrected chi connectivity index (χ0v) is 13.6. The van der Waals surface area contributed by atoms with Gasteiger partial charge in [-0.25, -0.2) is 4.98 Å². The van der Waals surface area contributed by atoms with Crippen molar-refractivity contribution >= 4 is 28.8 Å². The predicted octanol–water partition coefficient (Wildman–Crippen LogP) is 2.76. The maximum Gasteiger partial charge on any atom is 0.249 e. The van der Waals surface area contributed by atoms with Gasteiger partial charge in [-0.15, -0.1) is 0 Å². The molecule has 2 aromatic rings. The van der Waals surface area contributed by atoms with E-state index in [2.05, 4.69) is 26.3 Å². The first kappa shape index (κ1) is 15.2. The predicted molar refractivity (Wildman–Crippen MR) is 91.6 cm³/mol. The highest BCUT2D eigenvalue weighted by Crippen LogP contribution is 2.34. The summed E-state index contributed by atoms with van der Waals surface area (Å²) in [5.41, 5.74) is 1.96. The third-order valence-electron chi connectivity index (χ3n) is 5.08. The highest BCUT2D eigenvalue weighted by molar-refractivity contribution is 5.99. The monoisotopic (exact) mass is 326 g/mol. The van der Waals surface area contributed by atoms with Crippen LogP contribution in [0.25, 0.3) is 11.0 Å². The molecular weight excluding hydrogens is 304 g/mol. The van der Waals surface area contributed by atoms with Crippen molar-refractivity contribution in [2.75, 3.05) is 5.32 Å². The SMILES string of the molecule is O=C1CC[C@H](C(=O)Nc2nc3ccccc3n2C2CCCCC2)N1. The minimum atomic E-state index is -0.447. The number of hydrogen-bond acceptors (Lipinski definition) is 3. The van der Waals surface area contributed by atoms with E-state index in [1.165, 1.54) is 19.3 Å². The smallest absolute Gasteiger partial charge is 0.249 e. The molecule has 1 aliphatic heterocycles. The molecule has 6 heteroatoms. The number of para-hydroxylation sites is 2. The van der Waals surface area contributed by atoms with Gasteiger partial charge in [-0.1, -0.05) is 31.4 Å². The van der Waals surface area contributed by atoms with E-state index in [0.29, 0.717) is 24.8 Å². The van der Waals surface area contributed by atoms with Crippen LogP contribution in [-0.4, -0.2) is 27.4 Å². The molecule has 0 spiro atoms. The fraction of sp³-hybridized carbons (Fsp3) is 0.500. The normalized spacial score (nSPS) is 21.8. The molecular formula is C18H22N4O2. The van der Waals surface area contributed by atoms with Crippen LogP contribution in [0.15, 0.2) is 24.3 Å². The molecule has 2 amide bonds. The van der Waals surface area contributed by atoms with Gasteiger partial charge in [0, 0.05) is 12.5 Å². The number of nitrogens with one attached hydrogen (secondary N) is 2. The second kappa shape index (κ2) is 6.26. The van der Waals surface area contributed by atoms with Gasteiger partial charge in [0.1, 0.15) is 6.04 Å². The molecule has 1 aliphatic carbocycles. The number of imidazole rings is 1. The van der Waals surface area contributed by atoms with E-state index in [1.54, 1.807) is 0 Å². The zero-order chi connectivity index (χ0) is 16.5. The number of rotatable bonds is 3. The Bertz CT molecular complexity index is 776. The van der Waals surface area contributed by atoms with Crippen LogP contribution in [0, 0.1) is 0 Å². The van der Waals surface area contributed by atoms with Gasteiger partial charge in [0.15, 0.2) is 0 Å². The van der Waals surface area contributed by atoms with Crippen LogP contribution < -0.4 is 10.6 Å². The minimum Gasteiger partial charge on any atom is -0.344 e. The molecule has 0 radical (unpaired) electrons. The van der Waals surface area contributed by atoms with Gasteiger partial charge < -0.3 is 9.88 Å². The van der Waals surface area contributed by atoms with Crippen molar-refractivity contribution in [1.29, 1.82) is 0 Å². The lowest BCUT2D eigenvalue weighted by atomic mass is 9.95. The molecule has 4 rings (SSSR count). The molecule has 2 fully saturated rings. The number of amides is 2. The van der Waals surface area contributed by atoms with Crippen LogP contribution in [0.1, 0.15) is 51.0 Å². The van der Waals surface area contributed by atoms with Crippen LogP contribution in [0.4, 0.5) is 5.95 Å².